The fourth-order valence-corrected chi connectivity index (χ4v) is 3.45. The monoisotopic (exact) mass is 351 g/mol. The lowest BCUT2D eigenvalue weighted by Crippen LogP contribution is -2.40. The van der Waals surface area contributed by atoms with E-state index in [1.54, 1.807) is 17.3 Å². The minimum Gasteiger partial charge on any atom is -0.480 e. The van der Waals surface area contributed by atoms with Gasteiger partial charge in [0.25, 0.3) is 5.91 Å². The SMILES string of the molecule is O=C(NCc1cncc(N2CCCC2=O)c1)[C@H]1CCc2ccccc2O1. The number of benzene rings is 1. The molecule has 1 N–H and O–H groups in total. The summed E-state index contributed by atoms with van der Waals surface area (Å²) in [5, 5.41) is 2.92. The van der Waals surface area contributed by atoms with Crippen molar-refractivity contribution in [3.05, 3.63) is 53.9 Å². The van der Waals surface area contributed by atoms with E-state index in [1.165, 1.54) is 0 Å². The van der Waals surface area contributed by atoms with Crippen molar-refractivity contribution in [3.8, 4) is 5.75 Å². The summed E-state index contributed by atoms with van der Waals surface area (Å²) in [7, 11) is 0. The second-order valence-corrected chi connectivity index (χ2v) is 6.67. The quantitative estimate of drug-likeness (QED) is 0.917. The number of carbonyl (C=O) groups excluding carboxylic acids is 2. The molecule has 6 nitrogen and oxygen atoms in total. The number of nitrogens with one attached hydrogen (secondary N) is 1. The van der Waals surface area contributed by atoms with Crippen molar-refractivity contribution in [2.24, 2.45) is 0 Å². The van der Waals surface area contributed by atoms with E-state index in [-0.39, 0.29) is 11.8 Å². The highest BCUT2D eigenvalue weighted by Crippen LogP contribution is 2.27. The van der Waals surface area contributed by atoms with E-state index in [0.717, 1.165) is 42.0 Å². The average molecular weight is 351 g/mol. The lowest BCUT2D eigenvalue weighted by molar-refractivity contribution is -0.128. The van der Waals surface area contributed by atoms with Crippen LogP contribution in [0.5, 0.6) is 5.75 Å². The maximum Gasteiger partial charge on any atom is 0.261 e. The third-order valence-electron chi connectivity index (χ3n) is 4.84. The Balaban J connectivity index is 1.37. The Bertz CT molecular complexity index is 837. The molecule has 1 aromatic carbocycles. The molecule has 2 aromatic rings. The van der Waals surface area contributed by atoms with Crippen LogP contribution in [0.15, 0.2) is 42.7 Å². The molecule has 1 saturated heterocycles. The van der Waals surface area contributed by atoms with E-state index < -0.39 is 6.10 Å². The zero-order valence-corrected chi connectivity index (χ0v) is 14.5. The Labute approximate surface area is 152 Å². The molecule has 1 fully saturated rings. The van der Waals surface area contributed by atoms with Crippen molar-refractivity contribution in [3.63, 3.8) is 0 Å². The van der Waals surface area contributed by atoms with Crippen LogP contribution in [0.1, 0.15) is 30.4 Å². The molecule has 1 atom stereocenters. The second kappa shape index (κ2) is 7.15. The summed E-state index contributed by atoms with van der Waals surface area (Å²) in [5.41, 5.74) is 2.80. The van der Waals surface area contributed by atoms with Gasteiger partial charge in [-0.15, -0.1) is 0 Å². The number of carbonyl (C=O) groups is 2. The van der Waals surface area contributed by atoms with Crippen molar-refractivity contribution in [2.75, 3.05) is 11.4 Å². The number of aromatic nitrogens is 1. The van der Waals surface area contributed by atoms with Crippen molar-refractivity contribution in [1.29, 1.82) is 0 Å². The van der Waals surface area contributed by atoms with Crippen molar-refractivity contribution >= 4 is 17.5 Å². The minimum atomic E-state index is -0.471. The van der Waals surface area contributed by atoms with Gasteiger partial charge in [0.05, 0.1) is 11.9 Å². The Morgan fingerprint density at radius 3 is 3.00 bits per heavy atom. The Kier molecular flexibility index (Phi) is 4.56. The minimum absolute atomic E-state index is 0.123. The van der Waals surface area contributed by atoms with Gasteiger partial charge in [-0.2, -0.15) is 0 Å². The third kappa shape index (κ3) is 3.40. The Morgan fingerprint density at radius 2 is 2.15 bits per heavy atom. The van der Waals surface area contributed by atoms with Crippen LogP contribution in [-0.2, 0) is 22.6 Å². The van der Waals surface area contributed by atoms with Crippen molar-refractivity contribution in [2.45, 2.75) is 38.3 Å². The summed E-state index contributed by atoms with van der Waals surface area (Å²) < 4.78 is 5.82. The molecule has 1 aromatic heterocycles. The molecular weight excluding hydrogens is 330 g/mol. The van der Waals surface area contributed by atoms with Crippen LogP contribution < -0.4 is 15.0 Å². The van der Waals surface area contributed by atoms with E-state index in [4.69, 9.17) is 4.74 Å². The van der Waals surface area contributed by atoms with E-state index in [1.807, 2.05) is 30.3 Å². The average Bonchev–Trinajstić information content (AvgIpc) is 3.12. The second-order valence-electron chi connectivity index (χ2n) is 6.67. The number of nitrogens with zero attached hydrogens (tertiary/aromatic N) is 2. The van der Waals surface area contributed by atoms with Crippen LogP contribution >= 0.6 is 0 Å². The van der Waals surface area contributed by atoms with E-state index in [9.17, 15) is 9.59 Å². The first-order valence-corrected chi connectivity index (χ1v) is 8.97. The number of ether oxygens (including phenoxy) is 1. The maximum absolute atomic E-state index is 12.5. The molecule has 134 valence electrons. The summed E-state index contributed by atoms with van der Waals surface area (Å²) in [5.74, 6) is 0.791. The summed E-state index contributed by atoms with van der Waals surface area (Å²) in [6.45, 7) is 1.09. The number of rotatable bonds is 4. The van der Waals surface area contributed by atoms with E-state index in [2.05, 4.69) is 10.3 Å². The fraction of sp³-hybridized carbons (Fsp3) is 0.350. The molecule has 0 unspecified atom stereocenters. The molecule has 0 bridgehead atoms. The van der Waals surface area contributed by atoms with Gasteiger partial charge in [-0.3, -0.25) is 14.6 Å². The van der Waals surface area contributed by atoms with E-state index in [0.29, 0.717) is 19.4 Å². The Morgan fingerprint density at radius 1 is 1.27 bits per heavy atom. The number of amides is 2. The highest BCUT2D eigenvalue weighted by Gasteiger charge is 2.26. The molecule has 2 aliphatic rings. The number of fused-ring (bicyclic) bond motifs is 1. The summed E-state index contributed by atoms with van der Waals surface area (Å²) in [6, 6.07) is 9.73. The van der Waals surface area contributed by atoms with Gasteiger partial charge < -0.3 is 15.0 Å². The van der Waals surface area contributed by atoms with Crippen LogP contribution in [-0.4, -0.2) is 29.4 Å². The van der Waals surface area contributed by atoms with Gasteiger partial charge >= 0.3 is 0 Å². The zero-order chi connectivity index (χ0) is 17.9. The molecule has 4 rings (SSSR count). The van der Waals surface area contributed by atoms with Gasteiger partial charge in [-0.25, -0.2) is 0 Å². The van der Waals surface area contributed by atoms with Crippen LogP contribution in [0.2, 0.25) is 0 Å². The first-order chi connectivity index (χ1) is 12.7. The fourth-order valence-electron chi connectivity index (χ4n) is 3.45. The smallest absolute Gasteiger partial charge is 0.261 e. The largest absolute Gasteiger partial charge is 0.480 e. The highest BCUT2D eigenvalue weighted by molar-refractivity contribution is 5.95. The van der Waals surface area contributed by atoms with Crippen molar-refractivity contribution in [1.82, 2.24) is 10.3 Å². The molecule has 0 saturated carbocycles. The molecular formula is C20H21N3O3. The Hall–Kier alpha value is -2.89. The lowest BCUT2D eigenvalue weighted by Gasteiger charge is -2.25. The van der Waals surface area contributed by atoms with Crippen molar-refractivity contribution < 1.29 is 14.3 Å². The first kappa shape index (κ1) is 16.6. The number of pyridine rings is 1. The predicted molar refractivity (Wildman–Crippen MR) is 96.8 cm³/mol. The summed E-state index contributed by atoms with van der Waals surface area (Å²) >= 11 is 0. The number of hydrogen-bond donors (Lipinski definition) is 1. The van der Waals surface area contributed by atoms with Gasteiger partial charge in [0.1, 0.15) is 5.75 Å². The maximum atomic E-state index is 12.5. The molecule has 3 heterocycles. The van der Waals surface area contributed by atoms with Gasteiger partial charge in [0, 0.05) is 25.7 Å². The lowest BCUT2D eigenvalue weighted by atomic mass is 10.0. The standard InChI is InChI=1S/C20H21N3O3/c24-19-6-3-9-23(19)16-10-14(11-21-13-16)12-22-20(25)18-8-7-15-4-1-2-5-17(15)26-18/h1-2,4-5,10-11,13,18H,3,6-9,12H2,(H,22,25)/t18-/m1/s1. The van der Waals surface area contributed by atoms with Gasteiger partial charge in [-0.05, 0) is 42.5 Å². The normalized spacial score (nSPS) is 19.0. The predicted octanol–water partition coefficient (Wildman–Crippen LogP) is 2.22. The van der Waals surface area contributed by atoms with Crippen LogP contribution in [0.25, 0.3) is 0 Å². The van der Waals surface area contributed by atoms with E-state index >= 15 is 0 Å². The molecule has 26 heavy (non-hydrogen) atoms. The van der Waals surface area contributed by atoms with Crippen LogP contribution in [0.4, 0.5) is 5.69 Å². The van der Waals surface area contributed by atoms with Gasteiger partial charge in [0.15, 0.2) is 6.10 Å². The first-order valence-electron chi connectivity index (χ1n) is 8.97. The third-order valence-corrected chi connectivity index (χ3v) is 4.84. The number of anilines is 1. The van der Waals surface area contributed by atoms with Crippen LogP contribution in [0.3, 0.4) is 0 Å². The molecule has 2 amide bonds. The zero-order valence-electron chi connectivity index (χ0n) is 14.5. The molecule has 0 spiro atoms. The molecule has 0 radical (unpaired) electrons. The topological polar surface area (TPSA) is 71.5 Å². The number of aryl methyl sites for hydroxylation is 1. The van der Waals surface area contributed by atoms with Crippen LogP contribution in [0, 0.1) is 0 Å². The molecule has 6 heteroatoms. The molecule has 0 aliphatic carbocycles. The summed E-state index contributed by atoms with van der Waals surface area (Å²) in [6.07, 6.45) is 5.89. The summed E-state index contributed by atoms with van der Waals surface area (Å²) in [4.78, 5) is 30.3. The molecule has 2 aliphatic heterocycles. The number of para-hydroxylation sites is 1. The van der Waals surface area contributed by atoms with Gasteiger partial charge in [0.2, 0.25) is 5.91 Å². The number of hydrogen-bond acceptors (Lipinski definition) is 4. The highest BCUT2D eigenvalue weighted by atomic mass is 16.5. The van der Waals surface area contributed by atoms with Gasteiger partial charge in [-0.1, -0.05) is 18.2 Å².